The minimum atomic E-state index is 0.383. The van der Waals surface area contributed by atoms with Gasteiger partial charge >= 0.3 is 0 Å². The van der Waals surface area contributed by atoms with E-state index in [0.29, 0.717) is 24.3 Å². The third-order valence-electron chi connectivity index (χ3n) is 4.46. The molecule has 2 fully saturated rings. The molecule has 1 saturated carbocycles. The van der Waals surface area contributed by atoms with Crippen LogP contribution in [0.4, 0.5) is 0 Å². The topological polar surface area (TPSA) is 24.5 Å². The van der Waals surface area contributed by atoms with Gasteiger partial charge in [0.25, 0.3) is 0 Å². The molecule has 1 aliphatic heterocycles. The third-order valence-corrected chi connectivity index (χ3v) is 4.46. The monoisotopic (exact) mass is 254 g/mol. The summed E-state index contributed by atoms with van der Waals surface area (Å²) in [6.07, 6.45) is 4.82. The SMILES string of the molecule is CCNC1CCC(C)CC1N1C[C@@H](C)O[C@@H](C)C1. The van der Waals surface area contributed by atoms with Crippen LogP contribution in [0.25, 0.3) is 0 Å². The van der Waals surface area contributed by atoms with Gasteiger partial charge in [0.2, 0.25) is 0 Å². The van der Waals surface area contributed by atoms with Gasteiger partial charge < -0.3 is 10.1 Å². The van der Waals surface area contributed by atoms with Gasteiger partial charge in [0, 0.05) is 25.2 Å². The molecule has 0 radical (unpaired) electrons. The van der Waals surface area contributed by atoms with E-state index in [4.69, 9.17) is 4.74 Å². The molecule has 0 aromatic carbocycles. The van der Waals surface area contributed by atoms with Crippen LogP contribution in [-0.4, -0.2) is 48.8 Å². The molecule has 3 heteroatoms. The second-order valence-corrected chi connectivity index (χ2v) is 6.36. The normalized spacial score (nSPS) is 43.0. The van der Waals surface area contributed by atoms with E-state index >= 15 is 0 Å². The van der Waals surface area contributed by atoms with Crippen molar-refractivity contribution in [2.24, 2.45) is 5.92 Å². The Bertz CT molecular complexity index is 249. The van der Waals surface area contributed by atoms with Gasteiger partial charge in [-0.05, 0) is 45.6 Å². The average Bonchev–Trinajstić information content (AvgIpc) is 2.30. The summed E-state index contributed by atoms with van der Waals surface area (Å²) < 4.78 is 5.87. The first-order valence-corrected chi connectivity index (χ1v) is 7.73. The van der Waals surface area contributed by atoms with E-state index < -0.39 is 0 Å². The van der Waals surface area contributed by atoms with E-state index in [1.54, 1.807) is 0 Å². The summed E-state index contributed by atoms with van der Waals surface area (Å²) in [7, 11) is 0. The van der Waals surface area contributed by atoms with Crippen molar-refractivity contribution in [3.8, 4) is 0 Å². The number of rotatable bonds is 3. The first kappa shape index (κ1) is 14.3. The van der Waals surface area contributed by atoms with Crippen LogP contribution >= 0.6 is 0 Å². The van der Waals surface area contributed by atoms with Gasteiger partial charge in [0.1, 0.15) is 0 Å². The fourth-order valence-electron chi connectivity index (χ4n) is 3.74. The Hall–Kier alpha value is -0.120. The second-order valence-electron chi connectivity index (χ2n) is 6.36. The molecule has 0 spiro atoms. The maximum absolute atomic E-state index is 5.87. The molecule has 1 N–H and O–H groups in total. The molecule has 106 valence electrons. The summed E-state index contributed by atoms with van der Waals surface area (Å²) in [5.74, 6) is 0.873. The average molecular weight is 254 g/mol. The quantitative estimate of drug-likeness (QED) is 0.836. The Morgan fingerprint density at radius 2 is 1.78 bits per heavy atom. The van der Waals surface area contributed by atoms with Crippen molar-refractivity contribution in [3.63, 3.8) is 0 Å². The molecule has 5 atom stereocenters. The highest BCUT2D eigenvalue weighted by atomic mass is 16.5. The highest BCUT2D eigenvalue weighted by Gasteiger charge is 2.35. The maximum atomic E-state index is 5.87. The zero-order valence-electron chi connectivity index (χ0n) is 12.5. The van der Waals surface area contributed by atoms with E-state index in [9.17, 15) is 0 Å². The molecular weight excluding hydrogens is 224 g/mol. The summed E-state index contributed by atoms with van der Waals surface area (Å²) in [6, 6.07) is 1.39. The molecule has 1 heterocycles. The fraction of sp³-hybridized carbons (Fsp3) is 1.00. The molecule has 2 aliphatic rings. The zero-order chi connectivity index (χ0) is 13.1. The number of hydrogen-bond acceptors (Lipinski definition) is 3. The largest absolute Gasteiger partial charge is 0.373 e. The van der Waals surface area contributed by atoms with Gasteiger partial charge in [-0.3, -0.25) is 4.90 Å². The Morgan fingerprint density at radius 3 is 2.39 bits per heavy atom. The molecule has 0 aromatic rings. The fourth-order valence-corrected chi connectivity index (χ4v) is 3.74. The molecule has 2 rings (SSSR count). The molecule has 0 amide bonds. The summed E-state index contributed by atoms with van der Waals surface area (Å²) >= 11 is 0. The lowest BCUT2D eigenvalue weighted by atomic mass is 9.82. The summed E-state index contributed by atoms with van der Waals surface area (Å²) in [5.41, 5.74) is 0. The Kier molecular flexibility index (Phi) is 5.05. The van der Waals surface area contributed by atoms with Gasteiger partial charge in [-0.15, -0.1) is 0 Å². The second kappa shape index (κ2) is 6.36. The van der Waals surface area contributed by atoms with Crippen molar-refractivity contribution in [1.82, 2.24) is 10.2 Å². The lowest BCUT2D eigenvalue weighted by Crippen LogP contribution is -2.58. The zero-order valence-corrected chi connectivity index (χ0v) is 12.5. The number of nitrogens with zero attached hydrogens (tertiary/aromatic N) is 1. The Labute approximate surface area is 112 Å². The summed E-state index contributed by atoms with van der Waals surface area (Å²) in [4.78, 5) is 2.68. The van der Waals surface area contributed by atoms with Gasteiger partial charge in [-0.2, -0.15) is 0 Å². The highest BCUT2D eigenvalue weighted by molar-refractivity contribution is 4.92. The lowest BCUT2D eigenvalue weighted by molar-refractivity contribution is -0.0900. The van der Waals surface area contributed by atoms with E-state index in [2.05, 4.69) is 37.9 Å². The van der Waals surface area contributed by atoms with Crippen LogP contribution in [0.3, 0.4) is 0 Å². The summed E-state index contributed by atoms with van der Waals surface area (Å²) in [5, 5.41) is 3.70. The van der Waals surface area contributed by atoms with Crippen molar-refractivity contribution in [1.29, 1.82) is 0 Å². The van der Waals surface area contributed by atoms with Crippen LogP contribution in [-0.2, 0) is 4.74 Å². The van der Waals surface area contributed by atoms with Crippen LogP contribution < -0.4 is 5.32 Å². The van der Waals surface area contributed by atoms with E-state index in [-0.39, 0.29) is 0 Å². The van der Waals surface area contributed by atoms with E-state index in [1.165, 1.54) is 19.3 Å². The first-order valence-electron chi connectivity index (χ1n) is 7.73. The molecule has 1 saturated heterocycles. The number of hydrogen-bond donors (Lipinski definition) is 1. The number of likely N-dealkylation sites (N-methyl/N-ethyl adjacent to an activating group) is 1. The van der Waals surface area contributed by atoms with Crippen molar-refractivity contribution < 1.29 is 4.74 Å². The van der Waals surface area contributed by atoms with E-state index in [1.807, 2.05) is 0 Å². The highest BCUT2D eigenvalue weighted by Crippen LogP contribution is 2.29. The molecule has 0 bridgehead atoms. The minimum absolute atomic E-state index is 0.383. The van der Waals surface area contributed by atoms with Gasteiger partial charge in [-0.25, -0.2) is 0 Å². The third kappa shape index (κ3) is 3.46. The Balaban J connectivity index is 2.01. The van der Waals surface area contributed by atoms with Crippen LogP contribution in [0.2, 0.25) is 0 Å². The van der Waals surface area contributed by atoms with Crippen LogP contribution in [0, 0.1) is 5.92 Å². The number of ether oxygens (including phenoxy) is 1. The Morgan fingerprint density at radius 1 is 1.11 bits per heavy atom. The molecule has 0 aromatic heterocycles. The number of morpholine rings is 1. The van der Waals surface area contributed by atoms with Crippen LogP contribution in [0.1, 0.15) is 47.0 Å². The smallest absolute Gasteiger partial charge is 0.0678 e. The molecule has 1 aliphatic carbocycles. The van der Waals surface area contributed by atoms with Crippen molar-refractivity contribution >= 4 is 0 Å². The van der Waals surface area contributed by atoms with Crippen LogP contribution in [0.15, 0.2) is 0 Å². The van der Waals surface area contributed by atoms with Gasteiger partial charge in [0.05, 0.1) is 12.2 Å². The predicted octanol–water partition coefficient (Wildman–Crippen LogP) is 2.26. The van der Waals surface area contributed by atoms with Crippen molar-refractivity contribution in [3.05, 3.63) is 0 Å². The van der Waals surface area contributed by atoms with Crippen molar-refractivity contribution in [2.45, 2.75) is 71.2 Å². The standard InChI is InChI=1S/C15H30N2O/c1-5-16-14-7-6-11(2)8-15(14)17-9-12(3)18-13(4)10-17/h11-16H,5-10H2,1-4H3/t11?,12-,13+,14?,15?. The summed E-state index contributed by atoms with van der Waals surface area (Å²) in [6.45, 7) is 12.3. The number of nitrogens with one attached hydrogen (secondary N) is 1. The molecular formula is C15H30N2O. The molecule has 3 nitrogen and oxygen atoms in total. The van der Waals surface area contributed by atoms with Crippen molar-refractivity contribution in [2.75, 3.05) is 19.6 Å². The first-order chi connectivity index (χ1) is 8.60. The molecule has 3 unspecified atom stereocenters. The van der Waals surface area contributed by atoms with Gasteiger partial charge in [0.15, 0.2) is 0 Å². The van der Waals surface area contributed by atoms with Crippen LogP contribution in [0.5, 0.6) is 0 Å². The van der Waals surface area contributed by atoms with E-state index in [0.717, 1.165) is 25.6 Å². The lowest BCUT2D eigenvalue weighted by Gasteiger charge is -2.46. The maximum Gasteiger partial charge on any atom is 0.0678 e. The van der Waals surface area contributed by atoms with Gasteiger partial charge in [-0.1, -0.05) is 13.8 Å². The minimum Gasteiger partial charge on any atom is -0.373 e. The predicted molar refractivity (Wildman–Crippen MR) is 75.8 cm³/mol. The molecule has 18 heavy (non-hydrogen) atoms.